The summed E-state index contributed by atoms with van der Waals surface area (Å²) < 4.78 is 32.7. The van der Waals surface area contributed by atoms with Crippen LogP contribution in [0.3, 0.4) is 0 Å². The summed E-state index contributed by atoms with van der Waals surface area (Å²) in [4.78, 5) is 4.42. The maximum absolute atomic E-state index is 12.5. The molecule has 2 N–H and O–H groups in total. The number of sulfonamides is 1. The number of hydrogen-bond donors (Lipinski definition) is 2. The van der Waals surface area contributed by atoms with E-state index >= 15 is 0 Å². The highest BCUT2D eigenvalue weighted by atomic mass is 32.2. The fourth-order valence-corrected chi connectivity index (χ4v) is 3.64. The summed E-state index contributed by atoms with van der Waals surface area (Å²) in [5.41, 5.74) is 0.749. The molecule has 0 radical (unpaired) electrons. The van der Waals surface area contributed by atoms with Crippen LogP contribution in [0.2, 0.25) is 0 Å². The molecule has 2 aromatic heterocycles. The molecule has 3 aromatic rings. The van der Waals surface area contributed by atoms with Gasteiger partial charge in [0.1, 0.15) is 11.6 Å². The first-order valence-electron chi connectivity index (χ1n) is 7.63. The Bertz CT molecular complexity index is 901. The van der Waals surface area contributed by atoms with Gasteiger partial charge in [0, 0.05) is 12.8 Å². The lowest BCUT2D eigenvalue weighted by Gasteiger charge is -2.08. The van der Waals surface area contributed by atoms with Crippen molar-refractivity contribution in [1.29, 1.82) is 0 Å². The summed E-state index contributed by atoms with van der Waals surface area (Å²) in [5, 5.41) is 6.67. The Morgan fingerprint density at radius 3 is 2.75 bits per heavy atom. The highest BCUT2D eigenvalue weighted by Crippen LogP contribution is 2.18. The maximum atomic E-state index is 12.5. The molecule has 0 saturated heterocycles. The van der Waals surface area contributed by atoms with E-state index in [0.717, 1.165) is 11.3 Å². The summed E-state index contributed by atoms with van der Waals surface area (Å²) in [6.45, 7) is 1.91. The van der Waals surface area contributed by atoms with Gasteiger partial charge in [0.05, 0.1) is 11.2 Å². The molecule has 1 aromatic carbocycles. The van der Waals surface area contributed by atoms with Crippen LogP contribution in [0.25, 0.3) is 0 Å². The van der Waals surface area contributed by atoms with E-state index in [4.69, 9.17) is 4.42 Å². The van der Waals surface area contributed by atoms with Crippen molar-refractivity contribution >= 4 is 16.0 Å². The van der Waals surface area contributed by atoms with E-state index in [0.29, 0.717) is 25.1 Å². The molecule has 0 aliphatic rings. The Labute approximate surface area is 140 Å². The number of anilines is 1. The van der Waals surface area contributed by atoms with E-state index in [9.17, 15) is 8.42 Å². The number of nitrogens with zero attached hydrogens (tertiary/aromatic N) is 2. The maximum Gasteiger partial charge on any atom is 0.264 e. The third-order valence-electron chi connectivity index (χ3n) is 3.59. The van der Waals surface area contributed by atoms with Crippen LogP contribution >= 0.6 is 0 Å². The van der Waals surface area contributed by atoms with Gasteiger partial charge in [0.25, 0.3) is 16.0 Å². The Hall–Kier alpha value is -2.61. The lowest BCUT2D eigenvalue weighted by Crippen LogP contribution is -2.15. The van der Waals surface area contributed by atoms with Crippen molar-refractivity contribution in [2.75, 3.05) is 4.72 Å². The van der Waals surface area contributed by atoms with Crippen molar-refractivity contribution in [3.05, 3.63) is 59.8 Å². The Balaban J connectivity index is 1.71. The molecule has 126 valence electrons. The summed E-state index contributed by atoms with van der Waals surface area (Å²) in [5.74, 6) is 1.47. The predicted octanol–water partition coefficient (Wildman–Crippen LogP) is 2.55. The zero-order chi connectivity index (χ0) is 17.0. The van der Waals surface area contributed by atoms with Crippen LogP contribution in [0.15, 0.2) is 52.0 Å². The second kappa shape index (κ2) is 6.88. The van der Waals surface area contributed by atoms with E-state index in [1.54, 1.807) is 24.5 Å². The average molecular weight is 346 g/mol. The standard InChI is InChI=1S/C16H18N4O3S/c1-2-12-6-3-4-8-14(12)24(21,22)20-16-17-15(18-19-16)10-9-13-7-5-11-23-13/h3-8,11H,2,9-10H2,1H3,(H2,17,18,19,20). The minimum absolute atomic E-state index is 0.0374. The van der Waals surface area contributed by atoms with Gasteiger partial charge >= 0.3 is 0 Å². The van der Waals surface area contributed by atoms with Crippen molar-refractivity contribution < 1.29 is 12.8 Å². The molecule has 0 unspecified atom stereocenters. The molecule has 7 nitrogen and oxygen atoms in total. The summed E-state index contributed by atoms with van der Waals surface area (Å²) >= 11 is 0. The number of aryl methyl sites for hydroxylation is 3. The van der Waals surface area contributed by atoms with E-state index in [2.05, 4.69) is 19.9 Å². The first-order chi connectivity index (χ1) is 11.6. The van der Waals surface area contributed by atoms with Crippen LogP contribution in [-0.4, -0.2) is 23.6 Å². The monoisotopic (exact) mass is 346 g/mol. The van der Waals surface area contributed by atoms with E-state index in [-0.39, 0.29) is 10.8 Å². The fraction of sp³-hybridized carbons (Fsp3) is 0.250. The van der Waals surface area contributed by atoms with Crippen LogP contribution in [-0.2, 0) is 29.3 Å². The Kier molecular flexibility index (Phi) is 4.66. The molecule has 0 atom stereocenters. The van der Waals surface area contributed by atoms with Crippen molar-refractivity contribution in [2.24, 2.45) is 0 Å². The lowest BCUT2D eigenvalue weighted by atomic mass is 10.2. The van der Waals surface area contributed by atoms with E-state index < -0.39 is 10.0 Å². The van der Waals surface area contributed by atoms with E-state index in [1.165, 1.54) is 0 Å². The fourth-order valence-electron chi connectivity index (χ4n) is 2.38. The third kappa shape index (κ3) is 3.65. The molecule has 2 heterocycles. The normalized spacial score (nSPS) is 11.5. The molecule has 0 saturated carbocycles. The third-order valence-corrected chi connectivity index (χ3v) is 5.02. The van der Waals surface area contributed by atoms with Crippen LogP contribution in [0.1, 0.15) is 24.1 Å². The van der Waals surface area contributed by atoms with Crippen molar-refractivity contribution in [2.45, 2.75) is 31.1 Å². The lowest BCUT2D eigenvalue weighted by molar-refractivity contribution is 0.506. The largest absolute Gasteiger partial charge is 0.469 e. The second-order valence-electron chi connectivity index (χ2n) is 5.25. The SMILES string of the molecule is CCc1ccccc1S(=O)(=O)Nc1n[nH]c(CCc2ccco2)n1. The number of aromatic amines is 1. The average Bonchev–Trinajstić information content (AvgIpc) is 3.24. The Morgan fingerprint density at radius 2 is 2.00 bits per heavy atom. The topological polar surface area (TPSA) is 101 Å². The zero-order valence-corrected chi connectivity index (χ0v) is 14.0. The first kappa shape index (κ1) is 16.3. The highest BCUT2D eigenvalue weighted by Gasteiger charge is 2.19. The van der Waals surface area contributed by atoms with Crippen molar-refractivity contribution in [3.63, 3.8) is 0 Å². The second-order valence-corrected chi connectivity index (χ2v) is 6.90. The zero-order valence-electron chi connectivity index (χ0n) is 13.2. The smallest absolute Gasteiger partial charge is 0.264 e. The Morgan fingerprint density at radius 1 is 1.17 bits per heavy atom. The molecule has 0 spiro atoms. The minimum atomic E-state index is -3.71. The number of H-pyrrole nitrogens is 1. The minimum Gasteiger partial charge on any atom is -0.469 e. The number of benzene rings is 1. The number of aromatic nitrogens is 3. The van der Waals surface area contributed by atoms with Crippen molar-refractivity contribution in [3.8, 4) is 0 Å². The van der Waals surface area contributed by atoms with E-state index in [1.807, 2.05) is 25.1 Å². The predicted molar refractivity (Wildman–Crippen MR) is 89.1 cm³/mol. The molecule has 0 aliphatic carbocycles. The van der Waals surface area contributed by atoms with Gasteiger partial charge in [-0.1, -0.05) is 25.1 Å². The van der Waals surface area contributed by atoms with Gasteiger partial charge in [0.2, 0.25) is 0 Å². The molecular weight excluding hydrogens is 328 g/mol. The number of nitrogens with one attached hydrogen (secondary N) is 2. The molecule has 24 heavy (non-hydrogen) atoms. The molecule has 0 aliphatic heterocycles. The van der Waals surface area contributed by atoms with Gasteiger partial charge in [0.15, 0.2) is 0 Å². The van der Waals surface area contributed by atoms with Gasteiger partial charge < -0.3 is 4.42 Å². The van der Waals surface area contributed by atoms with Gasteiger partial charge in [-0.2, -0.15) is 4.98 Å². The molecular formula is C16H18N4O3S. The summed E-state index contributed by atoms with van der Waals surface area (Å²) in [7, 11) is -3.71. The quantitative estimate of drug-likeness (QED) is 0.684. The number of rotatable bonds is 7. The number of hydrogen-bond acceptors (Lipinski definition) is 5. The number of furan rings is 1. The van der Waals surface area contributed by atoms with Gasteiger partial charge in [-0.15, -0.1) is 5.10 Å². The molecule has 8 heteroatoms. The van der Waals surface area contributed by atoms with Crippen LogP contribution in [0, 0.1) is 0 Å². The molecule has 0 fully saturated rings. The summed E-state index contributed by atoms with van der Waals surface area (Å²) in [6, 6.07) is 10.6. The molecule has 0 amide bonds. The highest BCUT2D eigenvalue weighted by molar-refractivity contribution is 7.92. The van der Waals surface area contributed by atoms with Gasteiger partial charge in [-0.3, -0.25) is 5.10 Å². The van der Waals surface area contributed by atoms with Crippen LogP contribution in [0.4, 0.5) is 5.95 Å². The van der Waals surface area contributed by atoms with Crippen LogP contribution < -0.4 is 4.72 Å². The molecule has 0 bridgehead atoms. The van der Waals surface area contributed by atoms with Gasteiger partial charge in [-0.05, 0) is 30.2 Å². The van der Waals surface area contributed by atoms with Crippen molar-refractivity contribution in [1.82, 2.24) is 15.2 Å². The summed E-state index contributed by atoms with van der Waals surface area (Å²) in [6.07, 6.45) is 3.47. The molecule has 3 rings (SSSR count). The van der Waals surface area contributed by atoms with Gasteiger partial charge in [-0.25, -0.2) is 13.1 Å². The first-order valence-corrected chi connectivity index (χ1v) is 9.11. The van der Waals surface area contributed by atoms with Crippen LogP contribution in [0.5, 0.6) is 0 Å².